The first-order valence-electron chi connectivity index (χ1n) is 7.47. The fraction of sp³-hybridized carbons (Fsp3) is 0.786. The highest BCUT2D eigenvalue weighted by Gasteiger charge is 2.38. The van der Waals surface area contributed by atoms with Crippen LogP contribution in [0.2, 0.25) is 0 Å². The van der Waals surface area contributed by atoms with Gasteiger partial charge < -0.3 is 20.4 Å². The fourth-order valence-corrected chi connectivity index (χ4v) is 3.09. The van der Waals surface area contributed by atoms with E-state index in [1.807, 2.05) is 0 Å². The number of carbonyl (C=O) groups is 3. The molecule has 1 saturated heterocycles. The summed E-state index contributed by atoms with van der Waals surface area (Å²) in [5.74, 6) is -1.41. The van der Waals surface area contributed by atoms with E-state index in [-0.39, 0.29) is 43.7 Å². The quantitative estimate of drug-likeness (QED) is 0.647. The molecule has 7 nitrogen and oxygen atoms in total. The second-order valence-electron chi connectivity index (χ2n) is 5.81. The van der Waals surface area contributed by atoms with E-state index < -0.39 is 18.1 Å². The van der Waals surface area contributed by atoms with E-state index in [1.54, 1.807) is 0 Å². The molecule has 21 heavy (non-hydrogen) atoms. The van der Waals surface area contributed by atoms with Gasteiger partial charge >= 0.3 is 5.97 Å². The van der Waals surface area contributed by atoms with E-state index in [9.17, 15) is 19.5 Å². The number of β-amino-alcohol motifs (C(OH)–C–C–N with tert-alkyl or cyclic N) is 1. The van der Waals surface area contributed by atoms with Crippen LogP contribution in [0.4, 0.5) is 0 Å². The summed E-state index contributed by atoms with van der Waals surface area (Å²) in [6, 6.07) is -0.960. The van der Waals surface area contributed by atoms with Gasteiger partial charge in [-0.05, 0) is 12.8 Å². The van der Waals surface area contributed by atoms with Crippen LogP contribution in [0.1, 0.15) is 38.5 Å². The lowest BCUT2D eigenvalue weighted by Gasteiger charge is -2.21. The molecular formula is C14H22N2O5. The van der Waals surface area contributed by atoms with E-state index in [0.29, 0.717) is 0 Å². The van der Waals surface area contributed by atoms with Gasteiger partial charge in [0, 0.05) is 31.8 Å². The third-order valence-electron chi connectivity index (χ3n) is 4.25. The van der Waals surface area contributed by atoms with Crippen LogP contribution in [0.15, 0.2) is 0 Å². The molecule has 2 fully saturated rings. The number of likely N-dealkylation sites (tertiary alicyclic amines) is 1. The summed E-state index contributed by atoms with van der Waals surface area (Å²) < 4.78 is 0. The first kappa shape index (κ1) is 15.8. The summed E-state index contributed by atoms with van der Waals surface area (Å²) in [5.41, 5.74) is 0. The van der Waals surface area contributed by atoms with Crippen molar-refractivity contribution < 1.29 is 24.6 Å². The van der Waals surface area contributed by atoms with E-state index in [4.69, 9.17) is 5.11 Å². The van der Waals surface area contributed by atoms with Crippen LogP contribution in [0.5, 0.6) is 0 Å². The van der Waals surface area contributed by atoms with Gasteiger partial charge in [0.15, 0.2) is 0 Å². The van der Waals surface area contributed by atoms with Crippen LogP contribution in [-0.4, -0.2) is 58.1 Å². The average molecular weight is 298 g/mol. The molecule has 118 valence electrons. The second kappa shape index (κ2) is 6.89. The number of aliphatic hydroxyl groups is 1. The molecule has 2 rings (SSSR count). The van der Waals surface area contributed by atoms with Crippen LogP contribution in [0.25, 0.3) is 0 Å². The Morgan fingerprint density at radius 1 is 1.19 bits per heavy atom. The average Bonchev–Trinajstić information content (AvgIpc) is 3.07. The van der Waals surface area contributed by atoms with Crippen LogP contribution >= 0.6 is 0 Å². The minimum Gasteiger partial charge on any atom is -0.480 e. The molecule has 2 amide bonds. The molecule has 0 radical (unpaired) electrons. The minimum atomic E-state index is -1.10. The number of hydrogen-bond acceptors (Lipinski definition) is 4. The van der Waals surface area contributed by atoms with Crippen molar-refractivity contribution in [1.82, 2.24) is 10.2 Å². The Labute approximate surface area is 123 Å². The second-order valence-corrected chi connectivity index (χ2v) is 5.81. The number of carboxylic acids is 1. The van der Waals surface area contributed by atoms with Crippen molar-refractivity contribution in [3.8, 4) is 0 Å². The Morgan fingerprint density at radius 3 is 2.48 bits per heavy atom. The number of aliphatic hydroxyl groups excluding tert-OH is 1. The Balaban J connectivity index is 1.76. The van der Waals surface area contributed by atoms with E-state index >= 15 is 0 Å². The highest BCUT2D eigenvalue weighted by molar-refractivity contribution is 5.85. The predicted molar refractivity (Wildman–Crippen MR) is 73.3 cm³/mol. The molecule has 1 saturated carbocycles. The van der Waals surface area contributed by atoms with Crippen molar-refractivity contribution in [2.45, 2.75) is 50.7 Å². The van der Waals surface area contributed by atoms with E-state index in [0.717, 1.165) is 25.7 Å². The molecule has 0 aromatic carbocycles. The molecule has 1 aliphatic heterocycles. The van der Waals surface area contributed by atoms with Crippen molar-refractivity contribution in [3.05, 3.63) is 0 Å². The van der Waals surface area contributed by atoms with Crippen molar-refractivity contribution in [2.75, 3.05) is 13.1 Å². The Hall–Kier alpha value is -1.63. The molecule has 0 bridgehead atoms. The van der Waals surface area contributed by atoms with Gasteiger partial charge in [0.05, 0.1) is 6.10 Å². The maximum Gasteiger partial charge on any atom is 0.326 e. The Bertz CT molecular complexity index is 420. The monoisotopic (exact) mass is 298 g/mol. The number of amides is 2. The summed E-state index contributed by atoms with van der Waals surface area (Å²) in [5, 5.41) is 21.3. The van der Waals surface area contributed by atoms with Crippen LogP contribution < -0.4 is 5.32 Å². The number of nitrogens with one attached hydrogen (secondary N) is 1. The molecule has 0 spiro atoms. The standard InChI is InChI=1S/C14H22N2O5/c17-10-7-11(14(20)21)16(8-10)12(18)5-6-15-13(19)9-3-1-2-4-9/h9-11,17H,1-8H2,(H,15,19)(H,20,21)/t10-,11-/m0/s1. The van der Waals surface area contributed by atoms with E-state index in [2.05, 4.69) is 5.32 Å². The zero-order valence-electron chi connectivity index (χ0n) is 12.0. The number of rotatable bonds is 5. The van der Waals surface area contributed by atoms with Gasteiger partial charge in [-0.25, -0.2) is 4.79 Å². The SMILES string of the molecule is O=C(NCCC(=O)N1C[C@@H](O)C[C@H]1C(=O)O)C1CCCC1. The van der Waals surface area contributed by atoms with Gasteiger partial charge in [-0.1, -0.05) is 12.8 Å². The van der Waals surface area contributed by atoms with Gasteiger partial charge in [-0.3, -0.25) is 9.59 Å². The smallest absolute Gasteiger partial charge is 0.326 e. The van der Waals surface area contributed by atoms with Crippen molar-refractivity contribution in [1.29, 1.82) is 0 Å². The third kappa shape index (κ3) is 3.93. The molecule has 0 unspecified atom stereocenters. The number of hydrogen-bond donors (Lipinski definition) is 3. The first-order chi connectivity index (χ1) is 9.99. The zero-order chi connectivity index (χ0) is 15.4. The van der Waals surface area contributed by atoms with Gasteiger partial charge in [0.25, 0.3) is 0 Å². The lowest BCUT2D eigenvalue weighted by molar-refractivity contribution is -0.148. The molecule has 0 aromatic heterocycles. The van der Waals surface area contributed by atoms with Gasteiger partial charge in [0.1, 0.15) is 6.04 Å². The number of nitrogens with zero attached hydrogens (tertiary/aromatic N) is 1. The minimum absolute atomic E-state index is 0.0171. The van der Waals surface area contributed by atoms with Gasteiger partial charge in [-0.15, -0.1) is 0 Å². The number of carboxylic acid groups (broad SMARTS) is 1. The topological polar surface area (TPSA) is 107 Å². The van der Waals surface area contributed by atoms with Crippen molar-refractivity contribution in [3.63, 3.8) is 0 Å². The van der Waals surface area contributed by atoms with Crippen LogP contribution in [-0.2, 0) is 14.4 Å². The number of aliphatic carboxylic acids is 1. The third-order valence-corrected chi connectivity index (χ3v) is 4.25. The van der Waals surface area contributed by atoms with Gasteiger partial charge in [-0.2, -0.15) is 0 Å². The fourth-order valence-electron chi connectivity index (χ4n) is 3.09. The zero-order valence-corrected chi connectivity index (χ0v) is 12.0. The Kier molecular flexibility index (Phi) is 5.17. The Morgan fingerprint density at radius 2 is 1.86 bits per heavy atom. The number of carbonyl (C=O) groups excluding carboxylic acids is 2. The molecule has 0 aromatic rings. The molecular weight excluding hydrogens is 276 g/mol. The van der Waals surface area contributed by atoms with Gasteiger partial charge in [0.2, 0.25) is 11.8 Å². The molecule has 1 heterocycles. The maximum absolute atomic E-state index is 12.0. The molecule has 1 aliphatic carbocycles. The van der Waals surface area contributed by atoms with Crippen LogP contribution in [0.3, 0.4) is 0 Å². The normalized spacial score (nSPS) is 26.0. The lowest BCUT2D eigenvalue weighted by atomic mass is 10.1. The molecule has 2 atom stereocenters. The van der Waals surface area contributed by atoms with Crippen molar-refractivity contribution in [2.24, 2.45) is 5.92 Å². The van der Waals surface area contributed by atoms with E-state index in [1.165, 1.54) is 4.90 Å². The molecule has 2 aliphatic rings. The predicted octanol–water partition coefficient (Wildman–Crippen LogP) is -0.271. The molecule has 3 N–H and O–H groups in total. The summed E-state index contributed by atoms with van der Waals surface area (Å²) >= 11 is 0. The van der Waals surface area contributed by atoms with Crippen molar-refractivity contribution >= 4 is 17.8 Å². The summed E-state index contributed by atoms with van der Waals surface area (Å²) in [7, 11) is 0. The largest absolute Gasteiger partial charge is 0.480 e. The maximum atomic E-state index is 12.0. The highest BCUT2D eigenvalue weighted by Crippen LogP contribution is 2.24. The highest BCUT2D eigenvalue weighted by atomic mass is 16.4. The molecule has 7 heteroatoms. The summed E-state index contributed by atoms with van der Waals surface area (Å²) in [4.78, 5) is 36.0. The first-order valence-corrected chi connectivity index (χ1v) is 7.47. The van der Waals surface area contributed by atoms with Crippen LogP contribution in [0, 0.1) is 5.92 Å². The summed E-state index contributed by atoms with van der Waals surface area (Å²) in [6.07, 6.45) is 3.29. The lowest BCUT2D eigenvalue weighted by Crippen LogP contribution is -2.42. The summed E-state index contributed by atoms with van der Waals surface area (Å²) in [6.45, 7) is 0.263.